The van der Waals surface area contributed by atoms with E-state index in [1.165, 1.54) is 6.42 Å². The fourth-order valence-electron chi connectivity index (χ4n) is 6.40. The van der Waals surface area contributed by atoms with Crippen molar-refractivity contribution in [2.24, 2.45) is 11.1 Å². The van der Waals surface area contributed by atoms with Crippen LogP contribution >= 0.6 is 0 Å². The summed E-state index contributed by atoms with van der Waals surface area (Å²) >= 11 is 0. The summed E-state index contributed by atoms with van der Waals surface area (Å²) in [5.41, 5.74) is 3.98. The maximum Gasteiger partial charge on any atom is 0.307 e. The van der Waals surface area contributed by atoms with Gasteiger partial charge in [0, 0.05) is 34.4 Å². The number of aromatic nitrogens is 2. The van der Waals surface area contributed by atoms with Crippen molar-refractivity contribution >= 4 is 23.1 Å². The van der Waals surface area contributed by atoms with Gasteiger partial charge in [0.1, 0.15) is 13.2 Å². The summed E-state index contributed by atoms with van der Waals surface area (Å²) in [7, 11) is 2.14. The van der Waals surface area contributed by atoms with Crippen LogP contribution in [0.5, 0.6) is 0 Å². The molecule has 6 rings (SSSR count). The maximum atomic E-state index is 13.8. The number of rotatable bonds is 6. The number of cyclic esters (lactones) is 1. The van der Waals surface area contributed by atoms with Crippen molar-refractivity contribution in [1.82, 2.24) is 14.5 Å². The standard InChI is InChI=1S/C30H34N4O5/c1-3-30(18-35)12-27(36)38-17-23-24(30)11-26-28-22(15-34(26)29(23)37)21(20-8-4-5-9-25(20)32-28)13-31-39-16-19-7-6-10-33(2)14-19/h4-5,8-9,11,13,19,35H,3,6-7,10,12,14-18H2,1-2H3/b31-13+. The SMILES string of the molecule is CCC1(CO)CC(=O)OCc2c1cc1n(c2=O)Cc2c-1nc1ccccc1c2/C=N/OCC1CCCN(C)C1. The average Bonchev–Trinajstić information content (AvgIpc) is 3.24. The Bertz CT molecular complexity index is 1520. The molecule has 0 bridgehead atoms. The molecule has 5 heterocycles. The molecular weight excluding hydrogens is 496 g/mol. The molecule has 1 fully saturated rings. The number of oxime groups is 1. The molecule has 39 heavy (non-hydrogen) atoms. The molecule has 9 heteroatoms. The fourth-order valence-corrected chi connectivity index (χ4v) is 6.40. The molecule has 3 aromatic rings. The van der Waals surface area contributed by atoms with Crippen LogP contribution in [-0.2, 0) is 32.9 Å². The van der Waals surface area contributed by atoms with Crippen molar-refractivity contribution in [3.8, 4) is 11.4 Å². The molecule has 9 nitrogen and oxygen atoms in total. The number of fused-ring (bicyclic) bond motifs is 5. The summed E-state index contributed by atoms with van der Waals surface area (Å²) in [5, 5.41) is 15.7. The van der Waals surface area contributed by atoms with Crippen LogP contribution in [0.25, 0.3) is 22.3 Å². The van der Waals surface area contributed by atoms with E-state index >= 15 is 0 Å². The molecule has 2 atom stereocenters. The number of likely N-dealkylation sites (tertiary alicyclic amines) is 1. The zero-order valence-corrected chi connectivity index (χ0v) is 22.5. The van der Waals surface area contributed by atoms with Gasteiger partial charge in [0.15, 0.2) is 0 Å². The monoisotopic (exact) mass is 530 g/mol. The Balaban J connectivity index is 1.43. The van der Waals surface area contributed by atoms with Gasteiger partial charge < -0.3 is 24.1 Å². The molecule has 1 saturated heterocycles. The quantitative estimate of drug-likeness (QED) is 0.232. The van der Waals surface area contributed by atoms with Crippen molar-refractivity contribution in [1.29, 1.82) is 0 Å². The van der Waals surface area contributed by atoms with E-state index in [0.717, 1.165) is 41.5 Å². The number of hydrogen-bond donors (Lipinski definition) is 1. The zero-order chi connectivity index (χ0) is 27.1. The minimum Gasteiger partial charge on any atom is -0.461 e. The molecular formula is C30H34N4O5. The Hall–Kier alpha value is -3.56. The first-order valence-electron chi connectivity index (χ1n) is 13.7. The van der Waals surface area contributed by atoms with Crippen molar-refractivity contribution in [3.05, 3.63) is 62.9 Å². The van der Waals surface area contributed by atoms with Crippen molar-refractivity contribution < 1.29 is 19.5 Å². The Morgan fingerprint density at radius 3 is 2.92 bits per heavy atom. The molecule has 3 aliphatic heterocycles. The average molecular weight is 531 g/mol. The van der Waals surface area contributed by atoms with E-state index in [1.54, 1.807) is 10.8 Å². The van der Waals surface area contributed by atoms with Crippen LogP contribution in [0.4, 0.5) is 0 Å². The number of aliphatic hydroxyl groups is 1. The molecule has 204 valence electrons. The third kappa shape index (κ3) is 4.43. The highest BCUT2D eigenvalue weighted by Crippen LogP contribution is 2.41. The van der Waals surface area contributed by atoms with Gasteiger partial charge in [-0.1, -0.05) is 30.3 Å². The van der Waals surface area contributed by atoms with Gasteiger partial charge in [-0.15, -0.1) is 0 Å². The number of carbonyl (C=O) groups excluding carboxylic acids is 1. The van der Waals surface area contributed by atoms with Gasteiger partial charge >= 0.3 is 5.97 Å². The van der Waals surface area contributed by atoms with Crippen LogP contribution in [0, 0.1) is 5.92 Å². The van der Waals surface area contributed by atoms with Crippen molar-refractivity contribution in [2.75, 3.05) is 33.4 Å². The molecule has 0 aliphatic carbocycles. The van der Waals surface area contributed by atoms with Crippen LogP contribution in [-0.4, -0.2) is 65.1 Å². The number of aliphatic hydroxyl groups excluding tert-OH is 1. The van der Waals surface area contributed by atoms with Gasteiger partial charge in [0.25, 0.3) is 5.56 Å². The maximum absolute atomic E-state index is 13.8. The topological polar surface area (TPSA) is 106 Å². The lowest BCUT2D eigenvalue weighted by molar-refractivity contribution is -0.146. The van der Waals surface area contributed by atoms with Gasteiger partial charge in [-0.2, -0.15) is 0 Å². The van der Waals surface area contributed by atoms with E-state index in [0.29, 0.717) is 48.0 Å². The van der Waals surface area contributed by atoms with Gasteiger partial charge in [-0.3, -0.25) is 9.59 Å². The number of pyridine rings is 2. The number of ether oxygens (including phenoxy) is 1. The summed E-state index contributed by atoms with van der Waals surface area (Å²) in [6.45, 7) is 4.60. The predicted molar refractivity (Wildman–Crippen MR) is 148 cm³/mol. The number of para-hydroxylation sites is 1. The Morgan fingerprint density at radius 2 is 2.13 bits per heavy atom. The number of benzene rings is 1. The van der Waals surface area contributed by atoms with Gasteiger partial charge in [0.05, 0.1) is 48.3 Å². The lowest BCUT2D eigenvalue weighted by Crippen LogP contribution is -2.35. The highest BCUT2D eigenvalue weighted by Gasteiger charge is 2.40. The molecule has 0 radical (unpaired) electrons. The zero-order valence-electron chi connectivity index (χ0n) is 22.5. The number of hydrogen-bond acceptors (Lipinski definition) is 8. The predicted octanol–water partition coefficient (Wildman–Crippen LogP) is 3.20. The second kappa shape index (κ2) is 10.2. The highest BCUT2D eigenvalue weighted by atomic mass is 16.6. The lowest BCUT2D eigenvalue weighted by Gasteiger charge is -2.30. The summed E-state index contributed by atoms with van der Waals surface area (Å²) in [6.07, 6.45) is 4.59. The fraction of sp³-hybridized carbons (Fsp3) is 0.467. The van der Waals surface area contributed by atoms with E-state index in [2.05, 4.69) is 17.1 Å². The van der Waals surface area contributed by atoms with E-state index in [1.807, 2.05) is 37.3 Å². The van der Waals surface area contributed by atoms with E-state index in [-0.39, 0.29) is 25.2 Å². The van der Waals surface area contributed by atoms with Crippen molar-refractivity contribution in [3.63, 3.8) is 0 Å². The Kier molecular flexibility index (Phi) is 6.72. The Morgan fingerprint density at radius 1 is 1.28 bits per heavy atom. The number of carbonyl (C=O) groups is 1. The third-order valence-corrected chi connectivity index (χ3v) is 8.70. The summed E-state index contributed by atoms with van der Waals surface area (Å²) in [5.74, 6) is 0.0491. The number of nitrogens with zero attached hydrogens (tertiary/aromatic N) is 4. The van der Waals surface area contributed by atoms with Gasteiger partial charge in [-0.25, -0.2) is 4.98 Å². The summed E-state index contributed by atoms with van der Waals surface area (Å²) < 4.78 is 7.09. The van der Waals surface area contributed by atoms with Crippen LogP contribution in [0.15, 0.2) is 40.3 Å². The van der Waals surface area contributed by atoms with Crippen LogP contribution < -0.4 is 5.56 Å². The summed E-state index contributed by atoms with van der Waals surface area (Å²) in [4.78, 5) is 39.3. The number of esters is 1. The third-order valence-electron chi connectivity index (χ3n) is 8.70. The molecule has 0 saturated carbocycles. The van der Waals surface area contributed by atoms with E-state index in [9.17, 15) is 14.7 Å². The minimum atomic E-state index is -0.872. The second-order valence-electron chi connectivity index (χ2n) is 11.1. The molecule has 1 N–H and O–H groups in total. The van der Waals surface area contributed by atoms with Gasteiger partial charge in [0.2, 0.25) is 0 Å². The molecule has 3 aliphatic rings. The number of piperidine rings is 1. The van der Waals surface area contributed by atoms with E-state index < -0.39 is 11.4 Å². The normalized spacial score (nSPS) is 22.8. The highest BCUT2D eigenvalue weighted by molar-refractivity contribution is 6.02. The summed E-state index contributed by atoms with van der Waals surface area (Å²) in [6, 6.07) is 9.80. The van der Waals surface area contributed by atoms with Crippen LogP contribution in [0.1, 0.15) is 54.9 Å². The first-order valence-corrected chi connectivity index (χ1v) is 13.7. The van der Waals surface area contributed by atoms with Crippen LogP contribution in [0.2, 0.25) is 0 Å². The molecule has 2 unspecified atom stereocenters. The minimum absolute atomic E-state index is 0.0277. The smallest absolute Gasteiger partial charge is 0.307 e. The van der Waals surface area contributed by atoms with Crippen LogP contribution in [0.3, 0.4) is 0 Å². The van der Waals surface area contributed by atoms with Crippen molar-refractivity contribution in [2.45, 2.75) is 51.2 Å². The van der Waals surface area contributed by atoms with E-state index in [4.69, 9.17) is 14.6 Å². The second-order valence-corrected chi connectivity index (χ2v) is 11.1. The lowest BCUT2D eigenvalue weighted by atomic mass is 9.74. The molecule has 0 spiro atoms. The largest absolute Gasteiger partial charge is 0.461 e. The molecule has 1 aromatic carbocycles. The van der Waals surface area contributed by atoms with Gasteiger partial charge in [-0.05, 0) is 50.6 Å². The first-order chi connectivity index (χ1) is 18.9. The Labute approximate surface area is 227 Å². The molecule has 0 amide bonds. The molecule has 2 aromatic heterocycles. The first kappa shape index (κ1) is 25.7.